The molecular formula is C13H12O3S. The number of rotatable bonds is 3. The molecule has 0 fully saturated rings. The minimum Gasteiger partial charge on any atom is -0.497 e. The highest BCUT2D eigenvalue weighted by Gasteiger charge is 2.11. The third kappa shape index (κ3) is 2.17. The average Bonchev–Trinajstić information content (AvgIpc) is 2.79. The van der Waals surface area contributed by atoms with E-state index in [1.807, 2.05) is 24.3 Å². The van der Waals surface area contributed by atoms with Gasteiger partial charge < -0.3 is 9.47 Å². The topological polar surface area (TPSA) is 35.5 Å². The predicted molar refractivity (Wildman–Crippen MR) is 69.2 cm³/mol. The molecule has 0 aliphatic heterocycles. The van der Waals surface area contributed by atoms with Crippen molar-refractivity contribution < 1.29 is 14.3 Å². The van der Waals surface area contributed by atoms with E-state index in [9.17, 15) is 4.79 Å². The first-order valence-electron chi connectivity index (χ1n) is 5.01. The molecule has 2 aromatic rings. The molecule has 0 aliphatic carbocycles. The zero-order valence-electron chi connectivity index (χ0n) is 9.65. The zero-order chi connectivity index (χ0) is 12.4. The maximum Gasteiger partial charge on any atom is 0.348 e. The summed E-state index contributed by atoms with van der Waals surface area (Å²) in [5, 5.41) is 1.02. The molecule has 0 N–H and O–H groups in total. The summed E-state index contributed by atoms with van der Waals surface area (Å²) in [6.45, 7) is 3.80. The van der Waals surface area contributed by atoms with Crippen molar-refractivity contribution >= 4 is 33.2 Å². The normalized spacial score (nSPS) is 10.2. The minimum absolute atomic E-state index is 0.307. The maximum absolute atomic E-state index is 11.4. The third-order valence-corrected chi connectivity index (χ3v) is 3.55. The van der Waals surface area contributed by atoms with E-state index in [0.29, 0.717) is 10.6 Å². The van der Waals surface area contributed by atoms with Crippen LogP contribution in [0, 0.1) is 0 Å². The first-order chi connectivity index (χ1) is 8.15. The number of carbonyl (C=O) groups is 1. The van der Waals surface area contributed by atoms with Gasteiger partial charge in [-0.25, -0.2) is 4.79 Å². The first kappa shape index (κ1) is 11.7. The van der Waals surface area contributed by atoms with Gasteiger partial charge in [0.25, 0.3) is 0 Å². The molecule has 17 heavy (non-hydrogen) atoms. The van der Waals surface area contributed by atoms with Gasteiger partial charge in [0.2, 0.25) is 0 Å². The fourth-order valence-electron chi connectivity index (χ4n) is 1.52. The van der Waals surface area contributed by atoms with Crippen LogP contribution >= 0.6 is 11.3 Å². The van der Waals surface area contributed by atoms with Crippen molar-refractivity contribution in [2.24, 2.45) is 0 Å². The maximum atomic E-state index is 11.4. The highest BCUT2D eigenvalue weighted by atomic mass is 32.1. The molecule has 0 spiro atoms. The molecule has 2 rings (SSSR count). The van der Waals surface area contributed by atoms with Crippen LogP contribution in [0.2, 0.25) is 0 Å². The highest BCUT2D eigenvalue weighted by Crippen LogP contribution is 2.28. The molecule has 1 aromatic carbocycles. The quantitative estimate of drug-likeness (QED) is 0.617. The SMILES string of the molecule is C=C(OC)c1ccc2cc(C(=O)OC)sc2c1. The fraction of sp³-hybridized carbons (Fsp3) is 0.154. The Bertz CT molecular complexity index is 569. The van der Waals surface area contributed by atoms with Crippen molar-refractivity contribution in [1.29, 1.82) is 0 Å². The number of hydrogen-bond donors (Lipinski definition) is 0. The summed E-state index contributed by atoms with van der Waals surface area (Å²) in [4.78, 5) is 12.0. The van der Waals surface area contributed by atoms with Crippen LogP contribution in [0.5, 0.6) is 0 Å². The second kappa shape index (κ2) is 4.59. The van der Waals surface area contributed by atoms with Crippen molar-refractivity contribution in [3.8, 4) is 0 Å². The number of carbonyl (C=O) groups excluding carboxylic acids is 1. The molecule has 0 amide bonds. The van der Waals surface area contributed by atoms with Crippen LogP contribution < -0.4 is 0 Å². The number of ether oxygens (including phenoxy) is 2. The van der Waals surface area contributed by atoms with Crippen molar-refractivity contribution in [3.05, 3.63) is 41.3 Å². The lowest BCUT2D eigenvalue weighted by Gasteiger charge is -2.03. The molecule has 88 valence electrons. The summed E-state index contributed by atoms with van der Waals surface area (Å²) in [5.74, 6) is 0.304. The van der Waals surface area contributed by atoms with Crippen LogP contribution in [0.1, 0.15) is 15.2 Å². The molecule has 1 aromatic heterocycles. The van der Waals surface area contributed by atoms with E-state index in [-0.39, 0.29) is 5.97 Å². The number of fused-ring (bicyclic) bond motifs is 1. The van der Waals surface area contributed by atoms with Crippen molar-refractivity contribution in [2.45, 2.75) is 0 Å². The lowest BCUT2D eigenvalue weighted by atomic mass is 10.1. The summed E-state index contributed by atoms with van der Waals surface area (Å²) in [7, 11) is 2.96. The summed E-state index contributed by atoms with van der Waals surface area (Å²) in [5.41, 5.74) is 0.915. The number of methoxy groups -OCH3 is 2. The van der Waals surface area contributed by atoms with Gasteiger partial charge in [-0.05, 0) is 17.5 Å². The second-order valence-electron chi connectivity index (χ2n) is 3.48. The van der Waals surface area contributed by atoms with Crippen molar-refractivity contribution in [2.75, 3.05) is 14.2 Å². The fourth-order valence-corrected chi connectivity index (χ4v) is 2.54. The summed E-state index contributed by atoms with van der Waals surface area (Å²) in [6.07, 6.45) is 0. The van der Waals surface area contributed by atoms with Gasteiger partial charge in [-0.1, -0.05) is 18.7 Å². The lowest BCUT2D eigenvalue weighted by Crippen LogP contribution is -1.96. The van der Waals surface area contributed by atoms with Gasteiger partial charge in [0.15, 0.2) is 0 Å². The van der Waals surface area contributed by atoms with Crippen molar-refractivity contribution in [1.82, 2.24) is 0 Å². The lowest BCUT2D eigenvalue weighted by molar-refractivity contribution is 0.0606. The van der Waals surface area contributed by atoms with Crippen LogP contribution in [-0.2, 0) is 9.47 Å². The Morgan fingerprint density at radius 3 is 2.65 bits per heavy atom. The second-order valence-corrected chi connectivity index (χ2v) is 4.57. The molecular weight excluding hydrogens is 236 g/mol. The van der Waals surface area contributed by atoms with Crippen LogP contribution in [0.3, 0.4) is 0 Å². The van der Waals surface area contributed by atoms with E-state index in [4.69, 9.17) is 9.47 Å². The smallest absolute Gasteiger partial charge is 0.348 e. The molecule has 0 saturated carbocycles. The number of esters is 1. The number of thiophene rings is 1. The van der Waals surface area contributed by atoms with Gasteiger partial charge in [0, 0.05) is 10.3 Å². The van der Waals surface area contributed by atoms with Gasteiger partial charge in [-0.15, -0.1) is 11.3 Å². The van der Waals surface area contributed by atoms with Gasteiger partial charge in [-0.2, -0.15) is 0 Å². The zero-order valence-corrected chi connectivity index (χ0v) is 10.5. The average molecular weight is 248 g/mol. The molecule has 0 atom stereocenters. The first-order valence-corrected chi connectivity index (χ1v) is 5.82. The van der Waals surface area contributed by atoms with E-state index in [1.54, 1.807) is 7.11 Å². The molecule has 0 bridgehead atoms. The summed E-state index contributed by atoms with van der Waals surface area (Å²) in [6, 6.07) is 7.64. The van der Waals surface area contributed by atoms with Crippen LogP contribution in [0.25, 0.3) is 15.8 Å². The van der Waals surface area contributed by atoms with E-state index in [0.717, 1.165) is 15.6 Å². The van der Waals surface area contributed by atoms with E-state index in [2.05, 4.69) is 6.58 Å². The van der Waals surface area contributed by atoms with E-state index >= 15 is 0 Å². The molecule has 4 heteroatoms. The predicted octanol–water partition coefficient (Wildman–Crippen LogP) is 3.31. The standard InChI is InChI=1S/C13H12O3S/c1-8(15-2)9-4-5-10-7-12(13(14)16-3)17-11(10)6-9/h4-7H,1H2,2-3H3. The Morgan fingerprint density at radius 1 is 1.24 bits per heavy atom. The van der Waals surface area contributed by atoms with E-state index in [1.165, 1.54) is 18.4 Å². The number of hydrogen-bond acceptors (Lipinski definition) is 4. The summed E-state index contributed by atoms with van der Waals surface area (Å²) < 4.78 is 10.8. The molecule has 0 saturated heterocycles. The van der Waals surface area contributed by atoms with Gasteiger partial charge in [0.1, 0.15) is 10.6 Å². The molecule has 3 nitrogen and oxygen atoms in total. The number of benzene rings is 1. The Labute approximate surface area is 103 Å². The van der Waals surface area contributed by atoms with Crippen LogP contribution in [-0.4, -0.2) is 20.2 Å². The van der Waals surface area contributed by atoms with Gasteiger partial charge in [0.05, 0.1) is 14.2 Å². The monoisotopic (exact) mass is 248 g/mol. The molecule has 0 radical (unpaired) electrons. The van der Waals surface area contributed by atoms with E-state index < -0.39 is 0 Å². The van der Waals surface area contributed by atoms with Gasteiger partial charge in [-0.3, -0.25) is 0 Å². The summed E-state index contributed by atoms with van der Waals surface area (Å²) >= 11 is 1.40. The molecule has 1 heterocycles. The minimum atomic E-state index is -0.307. The van der Waals surface area contributed by atoms with Crippen molar-refractivity contribution in [3.63, 3.8) is 0 Å². The Morgan fingerprint density at radius 2 is 2.00 bits per heavy atom. The molecule has 0 unspecified atom stereocenters. The Balaban J connectivity index is 2.48. The largest absolute Gasteiger partial charge is 0.497 e. The van der Waals surface area contributed by atoms with Gasteiger partial charge >= 0.3 is 5.97 Å². The van der Waals surface area contributed by atoms with Crippen LogP contribution in [0.15, 0.2) is 30.8 Å². The highest BCUT2D eigenvalue weighted by molar-refractivity contribution is 7.20. The van der Waals surface area contributed by atoms with Crippen LogP contribution in [0.4, 0.5) is 0 Å². The molecule has 0 aliphatic rings. The third-order valence-electron chi connectivity index (χ3n) is 2.48. The Hall–Kier alpha value is -1.81. The Kier molecular flexibility index (Phi) is 3.15.